The molecule has 0 fully saturated rings. The Bertz CT molecular complexity index is 651. The number of hydrogen-bond acceptors (Lipinski definition) is 4. The number of benzene rings is 1. The molecule has 4 nitrogen and oxygen atoms in total. The molecule has 0 aliphatic heterocycles. The van der Waals surface area contributed by atoms with Crippen molar-refractivity contribution in [2.75, 3.05) is 0 Å². The Morgan fingerprint density at radius 2 is 1.68 bits per heavy atom. The van der Waals surface area contributed by atoms with Crippen LogP contribution in [0.1, 0.15) is 5.69 Å². The van der Waals surface area contributed by atoms with Crippen molar-refractivity contribution in [2.24, 2.45) is 5.73 Å². The maximum Gasteiger partial charge on any atom is 0.248 e. The lowest BCUT2D eigenvalue weighted by Gasteiger charge is -2.10. The molecular formula is C11H6Cl3N3OS. The van der Waals surface area contributed by atoms with Gasteiger partial charge in [0.25, 0.3) is 0 Å². The normalized spacial score (nSPS) is 10.3. The highest BCUT2D eigenvalue weighted by Crippen LogP contribution is 2.36. The molecule has 0 aliphatic carbocycles. The molecule has 0 saturated carbocycles. The molecule has 0 spiro atoms. The third-order valence-corrected chi connectivity index (χ3v) is 3.29. The first-order valence-electron chi connectivity index (χ1n) is 4.92. The topological polar surface area (TPSA) is 61.0 Å². The minimum atomic E-state index is 0.0688. The van der Waals surface area contributed by atoms with Gasteiger partial charge in [-0.1, -0.05) is 47.0 Å². The molecule has 0 aliphatic rings. The van der Waals surface area contributed by atoms with Crippen LogP contribution in [0, 0.1) is 0 Å². The highest BCUT2D eigenvalue weighted by atomic mass is 35.5. The lowest BCUT2D eigenvalue weighted by Crippen LogP contribution is -2.13. The first-order valence-corrected chi connectivity index (χ1v) is 6.46. The number of nitrogens with two attached hydrogens (primary N) is 1. The fourth-order valence-corrected chi connectivity index (χ4v) is 1.97. The standard InChI is InChI=1S/C11H6Cl3N3OS/c12-5-3-7(14)8(4-6(5)13)18-11-9(10(15)19)16-1-2-17-11/h1-4H,(H2,15,19). The number of hydrogen-bond donors (Lipinski definition) is 1. The second-order valence-corrected chi connectivity index (χ2v) is 5.03. The molecule has 0 atom stereocenters. The minimum Gasteiger partial charge on any atom is -0.435 e. The Labute approximate surface area is 129 Å². The summed E-state index contributed by atoms with van der Waals surface area (Å²) in [5.41, 5.74) is 5.79. The lowest BCUT2D eigenvalue weighted by molar-refractivity contribution is 0.459. The largest absolute Gasteiger partial charge is 0.435 e. The van der Waals surface area contributed by atoms with Gasteiger partial charge >= 0.3 is 0 Å². The number of halogens is 3. The summed E-state index contributed by atoms with van der Waals surface area (Å²) in [5, 5.41) is 0.920. The van der Waals surface area contributed by atoms with Crippen LogP contribution in [-0.4, -0.2) is 15.0 Å². The fraction of sp³-hybridized carbons (Fsp3) is 0. The zero-order valence-corrected chi connectivity index (χ0v) is 12.3. The van der Waals surface area contributed by atoms with Crippen LogP contribution in [0.5, 0.6) is 11.6 Å². The summed E-state index contributed by atoms with van der Waals surface area (Å²) < 4.78 is 5.52. The van der Waals surface area contributed by atoms with Crippen LogP contribution in [-0.2, 0) is 0 Å². The van der Waals surface area contributed by atoms with Crippen molar-refractivity contribution in [1.29, 1.82) is 0 Å². The molecular weight excluding hydrogens is 329 g/mol. The second kappa shape index (κ2) is 5.88. The predicted molar refractivity (Wildman–Crippen MR) is 79.5 cm³/mol. The van der Waals surface area contributed by atoms with E-state index in [1.807, 2.05) is 0 Å². The SMILES string of the molecule is NC(=S)c1nccnc1Oc1cc(Cl)c(Cl)cc1Cl. The second-order valence-electron chi connectivity index (χ2n) is 3.37. The smallest absolute Gasteiger partial charge is 0.248 e. The van der Waals surface area contributed by atoms with E-state index in [1.54, 1.807) is 0 Å². The van der Waals surface area contributed by atoms with E-state index >= 15 is 0 Å². The first kappa shape index (κ1) is 14.3. The Kier molecular flexibility index (Phi) is 4.42. The molecule has 1 heterocycles. The van der Waals surface area contributed by atoms with Gasteiger partial charge in [0.1, 0.15) is 10.7 Å². The molecule has 1 aromatic carbocycles. The minimum absolute atomic E-state index is 0.0688. The highest BCUT2D eigenvalue weighted by Gasteiger charge is 2.13. The molecule has 0 unspecified atom stereocenters. The van der Waals surface area contributed by atoms with E-state index in [-0.39, 0.29) is 27.3 Å². The summed E-state index contributed by atoms with van der Waals surface area (Å²) in [7, 11) is 0. The molecule has 2 N–H and O–H groups in total. The third-order valence-electron chi connectivity index (χ3n) is 2.08. The van der Waals surface area contributed by atoms with Gasteiger partial charge in [0.2, 0.25) is 5.88 Å². The van der Waals surface area contributed by atoms with Gasteiger partial charge < -0.3 is 10.5 Å². The first-order chi connectivity index (χ1) is 8.99. The molecule has 98 valence electrons. The molecule has 2 rings (SSSR count). The van der Waals surface area contributed by atoms with Crippen molar-refractivity contribution >= 4 is 52.0 Å². The van der Waals surface area contributed by atoms with E-state index in [0.29, 0.717) is 10.0 Å². The third kappa shape index (κ3) is 3.25. The summed E-state index contributed by atoms with van der Waals surface area (Å²) in [6.07, 6.45) is 2.90. The van der Waals surface area contributed by atoms with Crippen molar-refractivity contribution < 1.29 is 4.74 Å². The van der Waals surface area contributed by atoms with Crippen LogP contribution in [0.25, 0.3) is 0 Å². The summed E-state index contributed by atoms with van der Waals surface area (Å²) in [5.74, 6) is 0.435. The van der Waals surface area contributed by atoms with Crippen LogP contribution in [0.3, 0.4) is 0 Å². The average Bonchev–Trinajstić information content (AvgIpc) is 2.36. The number of aromatic nitrogens is 2. The van der Waals surface area contributed by atoms with Crippen LogP contribution in [0.2, 0.25) is 15.1 Å². The molecule has 1 aromatic heterocycles. The monoisotopic (exact) mass is 333 g/mol. The van der Waals surface area contributed by atoms with Crippen LogP contribution in [0.4, 0.5) is 0 Å². The molecule has 0 radical (unpaired) electrons. The predicted octanol–water partition coefficient (Wildman–Crippen LogP) is 3.86. The lowest BCUT2D eigenvalue weighted by atomic mass is 10.3. The van der Waals surface area contributed by atoms with Gasteiger partial charge in [-0.25, -0.2) is 9.97 Å². The zero-order valence-electron chi connectivity index (χ0n) is 9.23. The Morgan fingerprint density at radius 3 is 2.37 bits per heavy atom. The van der Waals surface area contributed by atoms with Crippen LogP contribution < -0.4 is 10.5 Å². The number of rotatable bonds is 3. The molecule has 8 heteroatoms. The van der Waals surface area contributed by atoms with E-state index in [4.69, 9.17) is 57.5 Å². The fourth-order valence-electron chi connectivity index (χ4n) is 1.26. The van der Waals surface area contributed by atoms with E-state index < -0.39 is 0 Å². The van der Waals surface area contributed by atoms with Gasteiger partial charge in [-0.05, 0) is 6.07 Å². The van der Waals surface area contributed by atoms with Gasteiger partial charge in [0.05, 0.1) is 15.1 Å². The van der Waals surface area contributed by atoms with Crippen molar-refractivity contribution in [3.05, 3.63) is 45.3 Å². The van der Waals surface area contributed by atoms with Crippen LogP contribution >= 0.6 is 47.0 Å². The number of nitrogens with zero attached hydrogens (tertiary/aromatic N) is 2. The van der Waals surface area contributed by atoms with Gasteiger partial charge in [0.15, 0.2) is 5.69 Å². The van der Waals surface area contributed by atoms with Gasteiger partial charge in [-0.3, -0.25) is 0 Å². The van der Waals surface area contributed by atoms with Gasteiger partial charge in [0, 0.05) is 18.5 Å². The highest BCUT2D eigenvalue weighted by molar-refractivity contribution is 7.80. The maximum absolute atomic E-state index is 6.00. The summed E-state index contributed by atoms with van der Waals surface area (Å²) >= 11 is 22.6. The average molecular weight is 335 g/mol. The van der Waals surface area contributed by atoms with Gasteiger partial charge in [-0.15, -0.1) is 0 Å². The quantitative estimate of drug-likeness (QED) is 0.682. The Hall–Kier alpha value is -1.14. The Morgan fingerprint density at radius 1 is 1.05 bits per heavy atom. The van der Waals surface area contributed by atoms with Crippen molar-refractivity contribution in [3.63, 3.8) is 0 Å². The molecule has 0 amide bonds. The Balaban J connectivity index is 2.42. The summed E-state index contributed by atoms with van der Waals surface area (Å²) in [4.78, 5) is 8.06. The van der Waals surface area contributed by atoms with E-state index in [1.165, 1.54) is 24.5 Å². The van der Waals surface area contributed by atoms with E-state index in [0.717, 1.165) is 0 Å². The number of ether oxygens (including phenoxy) is 1. The summed E-state index contributed by atoms with van der Waals surface area (Å²) in [6, 6.07) is 2.95. The molecule has 2 aromatic rings. The van der Waals surface area contributed by atoms with E-state index in [2.05, 4.69) is 9.97 Å². The molecule has 0 saturated heterocycles. The van der Waals surface area contributed by atoms with Crippen LogP contribution in [0.15, 0.2) is 24.5 Å². The maximum atomic E-state index is 6.00. The van der Waals surface area contributed by atoms with Crippen molar-refractivity contribution in [1.82, 2.24) is 9.97 Å². The van der Waals surface area contributed by atoms with Gasteiger partial charge in [-0.2, -0.15) is 0 Å². The zero-order chi connectivity index (χ0) is 14.0. The van der Waals surface area contributed by atoms with E-state index in [9.17, 15) is 0 Å². The molecule has 0 bridgehead atoms. The van der Waals surface area contributed by atoms with Crippen molar-refractivity contribution in [2.45, 2.75) is 0 Å². The summed E-state index contributed by atoms with van der Waals surface area (Å²) in [6.45, 7) is 0. The molecule has 19 heavy (non-hydrogen) atoms. The number of thiocarbonyl (C=S) groups is 1. The van der Waals surface area contributed by atoms with Crippen molar-refractivity contribution in [3.8, 4) is 11.6 Å².